The number of para-hydroxylation sites is 1. The molecular weight excluding hydrogens is 454 g/mol. The first-order valence-corrected chi connectivity index (χ1v) is 12.5. The Balaban J connectivity index is 1.69. The summed E-state index contributed by atoms with van der Waals surface area (Å²) in [6, 6.07) is 13.1. The van der Waals surface area contributed by atoms with Crippen LogP contribution in [-0.4, -0.2) is 59.2 Å². The Labute approximate surface area is 199 Å². The molecule has 34 heavy (non-hydrogen) atoms. The molecule has 0 bridgehead atoms. The largest absolute Gasteiger partial charge is 0.325 e. The first-order chi connectivity index (χ1) is 16.0. The highest BCUT2D eigenvalue weighted by atomic mass is 32.2. The van der Waals surface area contributed by atoms with E-state index in [9.17, 15) is 18.0 Å². The molecule has 0 saturated heterocycles. The number of carbonyl (C=O) groups is 1. The van der Waals surface area contributed by atoms with Gasteiger partial charge in [0.2, 0.25) is 15.9 Å². The summed E-state index contributed by atoms with van der Waals surface area (Å²) in [5.74, 6) is 0.223. The summed E-state index contributed by atoms with van der Waals surface area (Å²) in [7, 11) is -2.06. The van der Waals surface area contributed by atoms with Gasteiger partial charge in [0.25, 0.3) is 5.56 Å². The second-order valence-corrected chi connectivity index (χ2v) is 10.7. The van der Waals surface area contributed by atoms with Crippen molar-refractivity contribution in [2.24, 2.45) is 0 Å². The Hall–Kier alpha value is -3.08. The van der Waals surface area contributed by atoms with Crippen LogP contribution in [0.25, 0.3) is 10.9 Å². The van der Waals surface area contributed by atoms with Crippen LogP contribution < -0.4 is 10.9 Å². The third-order valence-corrected chi connectivity index (χ3v) is 7.68. The summed E-state index contributed by atoms with van der Waals surface area (Å²) >= 11 is 0. The number of hydrogen-bond acceptors (Lipinski definition) is 6. The maximum Gasteiger partial charge on any atom is 0.258 e. The van der Waals surface area contributed by atoms with Crippen LogP contribution in [0.1, 0.15) is 33.5 Å². The molecule has 9 nitrogen and oxygen atoms in total. The Morgan fingerprint density at radius 2 is 1.68 bits per heavy atom. The lowest BCUT2D eigenvalue weighted by Crippen LogP contribution is -2.38. The number of carbonyl (C=O) groups excluding carboxylic acids is 1. The second kappa shape index (κ2) is 10.5. The van der Waals surface area contributed by atoms with Crippen molar-refractivity contribution in [1.29, 1.82) is 0 Å². The fraction of sp³-hybridized carbons (Fsp3) is 0.375. The number of benzene rings is 2. The number of amides is 1. The van der Waals surface area contributed by atoms with E-state index in [1.807, 2.05) is 24.8 Å². The van der Waals surface area contributed by atoms with Crippen molar-refractivity contribution in [3.05, 3.63) is 64.7 Å². The number of nitrogens with zero attached hydrogens (tertiary/aromatic N) is 3. The van der Waals surface area contributed by atoms with E-state index in [0.717, 1.165) is 0 Å². The zero-order valence-corrected chi connectivity index (χ0v) is 20.9. The Morgan fingerprint density at radius 1 is 1.03 bits per heavy atom. The lowest BCUT2D eigenvalue weighted by molar-refractivity contribution is -0.117. The van der Waals surface area contributed by atoms with Crippen LogP contribution >= 0.6 is 0 Å². The number of H-pyrrole nitrogens is 1. The van der Waals surface area contributed by atoms with Crippen molar-refractivity contribution in [2.75, 3.05) is 18.9 Å². The molecule has 1 heterocycles. The van der Waals surface area contributed by atoms with Gasteiger partial charge in [-0.05, 0) is 64.1 Å². The van der Waals surface area contributed by atoms with Crippen LogP contribution in [0.3, 0.4) is 0 Å². The Morgan fingerprint density at radius 3 is 2.29 bits per heavy atom. The third kappa shape index (κ3) is 5.88. The summed E-state index contributed by atoms with van der Waals surface area (Å²) in [6.45, 7) is 7.88. The van der Waals surface area contributed by atoms with Crippen molar-refractivity contribution >= 4 is 32.5 Å². The SMILES string of the molecule is CC(C)N(CC(=O)Nc1ccc(S(=O)(=O)N(C)C(C)C)cc1)Cc1nc2ccccc2c(=O)[nH]1. The van der Waals surface area contributed by atoms with Crippen molar-refractivity contribution < 1.29 is 13.2 Å². The summed E-state index contributed by atoms with van der Waals surface area (Å²) in [6.07, 6.45) is 0. The van der Waals surface area contributed by atoms with Gasteiger partial charge in [0.05, 0.1) is 28.9 Å². The number of anilines is 1. The number of aromatic amines is 1. The minimum Gasteiger partial charge on any atom is -0.325 e. The van der Waals surface area contributed by atoms with E-state index in [1.54, 1.807) is 44.2 Å². The molecule has 2 aromatic carbocycles. The smallest absolute Gasteiger partial charge is 0.258 e. The highest BCUT2D eigenvalue weighted by molar-refractivity contribution is 7.89. The molecular formula is C24H31N5O4S. The van der Waals surface area contributed by atoms with Crippen molar-refractivity contribution in [1.82, 2.24) is 19.2 Å². The first kappa shape index (κ1) is 25.5. The molecule has 10 heteroatoms. The fourth-order valence-corrected chi connectivity index (χ4v) is 4.73. The van der Waals surface area contributed by atoms with E-state index >= 15 is 0 Å². The van der Waals surface area contributed by atoms with Gasteiger partial charge in [-0.2, -0.15) is 4.31 Å². The first-order valence-electron chi connectivity index (χ1n) is 11.1. The minimum atomic E-state index is -3.59. The lowest BCUT2D eigenvalue weighted by Gasteiger charge is -2.25. The topological polar surface area (TPSA) is 115 Å². The van der Waals surface area contributed by atoms with Gasteiger partial charge in [0.15, 0.2) is 0 Å². The number of rotatable bonds is 9. The molecule has 0 fully saturated rings. The molecule has 1 amide bonds. The lowest BCUT2D eigenvalue weighted by atomic mass is 10.2. The van der Waals surface area contributed by atoms with Crippen LogP contribution in [0.15, 0.2) is 58.2 Å². The molecule has 3 aromatic rings. The molecule has 0 unspecified atom stereocenters. The standard InChI is InChI=1S/C24H31N5O4S/c1-16(2)28(5)34(32,33)19-12-10-18(11-13-19)25-23(30)15-29(17(3)4)14-22-26-21-9-7-6-8-20(21)24(31)27-22/h6-13,16-17H,14-15H2,1-5H3,(H,25,30)(H,26,27,31). The molecule has 0 atom stereocenters. The molecule has 0 aliphatic rings. The zero-order chi connectivity index (χ0) is 25.0. The molecule has 0 aliphatic carbocycles. The monoisotopic (exact) mass is 485 g/mol. The van der Waals surface area contributed by atoms with Crippen LogP contribution in [0.4, 0.5) is 5.69 Å². The summed E-state index contributed by atoms with van der Waals surface area (Å²) < 4.78 is 26.5. The molecule has 3 rings (SSSR count). The van der Waals surface area contributed by atoms with Gasteiger partial charge in [-0.1, -0.05) is 12.1 Å². The predicted molar refractivity (Wildman–Crippen MR) is 133 cm³/mol. The van der Waals surface area contributed by atoms with Gasteiger partial charge < -0.3 is 10.3 Å². The van der Waals surface area contributed by atoms with Gasteiger partial charge in [-0.25, -0.2) is 13.4 Å². The highest BCUT2D eigenvalue weighted by Crippen LogP contribution is 2.19. The second-order valence-electron chi connectivity index (χ2n) is 8.72. The molecule has 0 saturated carbocycles. The summed E-state index contributed by atoms with van der Waals surface area (Å²) in [4.78, 5) is 34.4. The zero-order valence-electron chi connectivity index (χ0n) is 20.1. The van der Waals surface area contributed by atoms with Gasteiger partial charge in [0, 0.05) is 24.8 Å². The number of hydrogen-bond donors (Lipinski definition) is 2. The van der Waals surface area contributed by atoms with Gasteiger partial charge >= 0.3 is 0 Å². The number of fused-ring (bicyclic) bond motifs is 1. The van der Waals surface area contributed by atoms with E-state index in [0.29, 0.717) is 29.0 Å². The summed E-state index contributed by atoms with van der Waals surface area (Å²) in [5.41, 5.74) is 0.886. The van der Waals surface area contributed by atoms with E-state index in [4.69, 9.17) is 0 Å². The average molecular weight is 486 g/mol. The van der Waals surface area contributed by atoms with Gasteiger partial charge in [-0.3, -0.25) is 14.5 Å². The number of nitrogens with one attached hydrogen (secondary N) is 2. The van der Waals surface area contributed by atoms with E-state index < -0.39 is 10.0 Å². The van der Waals surface area contributed by atoms with Crippen LogP contribution in [-0.2, 0) is 21.4 Å². The Bertz CT molecular complexity index is 1320. The maximum absolute atomic E-state index is 12.7. The molecule has 1 aromatic heterocycles. The highest BCUT2D eigenvalue weighted by Gasteiger charge is 2.23. The molecule has 182 valence electrons. The van der Waals surface area contributed by atoms with Crippen molar-refractivity contribution in [3.8, 4) is 0 Å². The molecule has 0 spiro atoms. The quantitative estimate of drug-likeness (QED) is 0.482. The minimum absolute atomic E-state index is 0.0154. The van der Waals surface area contributed by atoms with E-state index in [-0.39, 0.29) is 35.0 Å². The fourth-order valence-electron chi connectivity index (χ4n) is 3.36. The molecule has 2 N–H and O–H groups in total. The van der Waals surface area contributed by atoms with Crippen LogP contribution in [0.5, 0.6) is 0 Å². The number of aromatic nitrogens is 2. The van der Waals surface area contributed by atoms with Crippen LogP contribution in [0, 0.1) is 0 Å². The number of sulfonamides is 1. The summed E-state index contributed by atoms with van der Waals surface area (Å²) in [5, 5.41) is 3.32. The average Bonchev–Trinajstić information content (AvgIpc) is 2.78. The van der Waals surface area contributed by atoms with E-state index in [1.165, 1.54) is 23.5 Å². The Kier molecular flexibility index (Phi) is 7.86. The van der Waals surface area contributed by atoms with Gasteiger partial charge in [-0.15, -0.1) is 0 Å². The van der Waals surface area contributed by atoms with Crippen molar-refractivity contribution in [3.63, 3.8) is 0 Å². The van der Waals surface area contributed by atoms with E-state index in [2.05, 4.69) is 15.3 Å². The normalized spacial score (nSPS) is 12.3. The predicted octanol–water partition coefficient (Wildman–Crippen LogP) is 2.80. The van der Waals surface area contributed by atoms with Gasteiger partial charge in [0.1, 0.15) is 5.82 Å². The van der Waals surface area contributed by atoms with Crippen LogP contribution in [0.2, 0.25) is 0 Å². The van der Waals surface area contributed by atoms with Crippen molar-refractivity contribution in [2.45, 2.75) is 51.2 Å². The maximum atomic E-state index is 12.7. The third-order valence-electron chi connectivity index (χ3n) is 5.63. The molecule has 0 aliphatic heterocycles. The molecule has 0 radical (unpaired) electrons.